The summed E-state index contributed by atoms with van der Waals surface area (Å²) in [5.41, 5.74) is -0.919. The summed E-state index contributed by atoms with van der Waals surface area (Å²) in [6, 6.07) is 4.05. The molecule has 22 heavy (non-hydrogen) atoms. The van der Waals surface area contributed by atoms with Gasteiger partial charge in [0.2, 0.25) is 0 Å². The summed E-state index contributed by atoms with van der Waals surface area (Å²) in [7, 11) is 0. The first-order chi connectivity index (χ1) is 10.0. The van der Waals surface area contributed by atoms with Gasteiger partial charge in [-0.15, -0.1) is 0 Å². The van der Waals surface area contributed by atoms with E-state index in [1.54, 1.807) is 20.8 Å². The number of halogens is 2. The van der Waals surface area contributed by atoms with E-state index in [9.17, 15) is 13.6 Å². The molecule has 0 heterocycles. The van der Waals surface area contributed by atoms with Crippen molar-refractivity contribution in [3.8, 4) is 0 Å². The molecule has 0 aliphatic carbocycles. The van der Waals surface area contributed by atoms with Crippen LogP contribution in [-0.2, 0) is 11.3 Å². The van der Waals surface area contributed by atoms with Crippen LogP contribution in [0.1, 0.15) is 40.2 Å². The van der Waals surface area contributed by atoms with E-state index >= 15 is 0 Å². The molecule has 124 valence electrons. The van der Waals surface area contributed by atoms with Crippen molar-refractivity contribution in [1.29, 1.82) is 0 Å². The first kappa shape index (κ1) is 18.4. The van der Waals surface area contributed by atoms with Crippen LogP contribution in [0.25, 0.3) is 0 Å². The Morgan fingerprint density at radius 3 is 2.41 bits per heavy atom. The zero-order valence-corrected chi connectivity index (χ0v) is 13.7. The molecule has 0 saturated heterocycles. The minimum atomic E-state index is -0.870. The largest absolute Gasteiger partial charge is 0.444 e. The molecule has 1 aromatic rings. The number of alkyl carbamates (subject to hydrolysis) is 1. The van der Waals surface area contributed by atoms with Gasteiger partial charge in [0.25, 0.3) is 0 Å². The monoisotopic (exact) mass is 314 g/mol. The summed E-state index contributed by atoms with van der Waals surface area (Å²) in [4.78, 5) is 11.7. The van der Waals surface area contributed by atoms with Crippen LogP contribution >= 0.6 is 0 Å². The first-order valence-corrected chi connectivity index (χ1v) is 7.15. The van der Waals surface area contributed by atoms with Crippen molar-refractivity contribution >= 4 is 6.09 Å². The van der Waals surface area contributed by atoms with Crippen LogP contribution in [0, 0.1) is 11.6 Å². The van der Waals surface area contributed by atoms with Crippen LogP contribution in [-0.4, -0.2) is 23.8 Å². The van der Waals surface area contributed by atoms with E-state index in [-0.39, 0.29) is 12.1 Å². The summed E-state index contributed by atoms with van der Waals surface area (Å²) in [6.07, 6.45) is -0.517. The van der Waals surface area contributed by atoms with Crippen LogP contribution in [0.15, 0.2) is 18.2 Å². The number of ether oxygens (including phenoxy) is 1. The van der Waals surface area contributed by atoms with Crippen LogP contribution in [0.2, 0.25) is 0 Å². The molecule has 0 aliphatic rings. The van der Waals surface area contributed by atoms with Crippen LogP contribution in [0.4, 0.5) is 13.6 Å². The van der Waals surface area contributed by atoms with Gasteiger partial charge in [0.1, 0.15) is 5.60 Å². The summed E-state index contributed by atoms with van der Waals surface area (Å²) >= 11 is 0. The molecule has 6 heteroatoms. The number of carbonyl (C=O) groups is 1. The summed E-state index contributed by atoms with van der Waals surface area (Å²) in [5, 5.41) is 5.73. The van der Waals surface area contributed by atoms with Crippen LogP contribution < -0.4 is 10.6 Å². The van der Waals surface area contributed by atoms with Gasteiger partial charge in [-0.3, -0.25) is 0 Å². The third-order valence-electron chi connectivity index (χ3n) is 2.75. The molecule has 0 fully saturated rings. The zero-order valence-electron chi connectivity index (χ0n) is 13.7. The molecule has 0 bridgehead atoms. The maximum atomic E-state index is 13.5. The lowest BCUT2D eigenvalue weighted by Gasteiger charge is -2.29. The maximum absolute atomic E-state index is 13.5. The molecule has 1 amide bonds. The van der Waals surface area contributed by atoms with Crippen molar-refractivity contribution in [1.82, 2.24) is 10.6 Å². The Balaban J connectivity index is 2.49. The number of nitrogens with one attached hydrogen (secondary N) is 2. The summed E-state index contributed by atoms with van der Waals surface area (Å²) in [6.45, 7) is 9.52. The van der Waals surface area contributed by atoms with Crippen molar-refractivity contribution in [3.05, 3.63) is 35.4 Å². The fourth-order valence-corrected chi connectivity index (χ4v) is 1.82. The third-order valence-corrected chi connectivity index (χ3v) is 2.75. The number of rotatable bonds is 5. The van der Waals surface area contributed by atoms with Crippen molar-refractivity contribution < 1.29 is 18.3 Å². The van der Waals surface area contributed by atoms with Crippen molar-refractivity contribution in [2.75, 3.05) is 6.54 Å². The van der Waals surface area contributed by atoms with Crippen molar-refractivity contribution in [2.24, 2.45) is 0 Å². The Labute approximate surface area is 130 Å². The maximum Gasteiger partial charge on any atom is 0.408 e. The smallest absolute Gasteiger partial charge is 0.408 e. The summed E-state index contributed by atoms with van der Waals surface area (Å²) in [5.74, 6) is -1.72. The SMILES string of the molecule is CC(C)(CNCc1cccc(F)c1F)NC(=O)OC(C)(C)C. The fraction of sp³-hybridized carbons (Fsp3) is 0.562. The highest BCUT2D eigenvalue weighted by Gasteiger charge is 2.24. The van der Waals surface area contributed by atoms with Gasteiger partial charge in [-0.05, 0) is 40.7 Å². The summed E-state index contributed by atoms with van der Waals surface area (Å²) < 4.78 is 31.8. The quantitative estimate of drug-likeness (QED) is 0.876. The Morgan fingerprint density at radius 2 is 1.82 bits per heavy atom. The predicted octanol–water partition coefficient (Wildman–Crippen LogP) is 3.36. The normalized spacial score (nSPS) is 12.1. The lowest BCUT2D eigenvalue weighted by Crippen LogP contribution is -2.51. The van der Waals surface area contributed by atoms with E-state index in [1.807, 2.05) is 13.8 Å². The average molecular weight is 314 g/mol. The Hall–Kier alpha value is -1.69. The lowest BCUT2D eigenvalue weighted by molar-refractivity contribution is 0.0472. The Bertz CT molecular complexity index is 525. The molecular formula is C16H24F2N2O2. The number of benzene rings is 1. The van der Waals surface area contributed by atoms with E-state index < -0.39 is 28.9 Å². The third kappa shape index (κ3) is 6.39. The first-order valence-electron chi connectivity index (χ1n) is 7.15. The highest BCUT2D eigenvalue weighted by Crippen LogP contribution is 2.12. The Morgan fingerprint density at radius 1 is 1.18 bits per heavy atom. The molecule has 0 unspecified atom stereocenters. The molecular weight excluding hydrogens is 290 g/mol. The van der Waals surface area contributed by atoms with Gasteiger partial charge in [-0.25, -0.2) is 13.6 Å². The number of hydrogen-bond acceptors (Lipinski definition) is 3. The second-order valence-electron chi connectivity index (χ2n) is 6.83. The molecule has 4 nitrogen and oxygen atoms in total. The van der Waals surface area contributed by atoms with Crippen molar-refractivity contribution in [3.63, 3.8) is 0 Å². The van der Waals surface area contributed by atoms with Gasteiger partial charge in [-0.1, -0.05) is 12.1 Å². The van der Waals surface area contributed by atoms with E-state index in [4.69, 9.17) is 4.74 Å². The minimum absolute atomic E-state index is 0.170. The second kappa shape index (κ2) is 7.05. The van der Waals surface area contributed by atoms with Gasteiger partial charge in [-0.2, -0.15) is 0 Å². The van der Waals surface area contributed by atoms with Crippen LogP contribution in [0.5, 0.6) is 0 Å². The molecule has 0 aliphatic heterocycles. The van der Waals surface area contributed by atoms with Gasteiger partial charge < -0.3 is 15.4 Å². The predicted molar refractivity (Wildman–Crippen MR) is 81.5 cm³/mol. The van der Waals surface area contributed by atoms with Gasteiger partial charge in [0.15, 0.2) is 11.6 Å². The highest BCUT2D eigenvalue weighted by molar-refractivity contribution is 5.68. The van der Waals surface area contributed by atoms with Gasteiger partial charge in [0.05, 0.1) is 5.54 Å². The standard InChI is InChI=1S/C16H24F2N2O2/c1-15(2,3)22-14(21)20-16(4,5)10-19-9-11-7-6-8-12(17)13(11)18/h6-8,19H,9-10H2,1-5H3,(H,20,21). The molecule has 1 rings (SSSR count). The van der Waals surface area contributed by atoms with Gasteiger partial charge in [0, 0.05) is 18.7 Å². The molecule has 0 radical (unpaired) electrons. The second-order valence-corrected chi connectivity index (χ2v) is 6.83. The molecule has 0 aromatic heterocycles. The fourth-order valence-electron chi connectivity index (χ4n) is 1.82. The number of hydrogen-bond donors (Lipinski definition) is 2. The topological polar surface area (TPSA) is 50.4 Å². The molecule has 0 saturated carbocycles. The number of carbonyl (C=O) groups excluding carboxylic acids is 1. The minimum Gasteiger partial charge on any atom is -0.444 e. The van der Waals surface area contributed by atoms with Crippen molar-refractivity contribution in [2.45, 2.75) is 52.3 Å². The highest BCUT2D eigenvalue weighted by atomic mass is 19.2. The van der Waals surface area contributed by atoms with Crippen LogP contribution in [0.3, 0.4) is 0 Å². The zero-order chi connectivity index (χ0) is 17.0. The number of amides is 1. The lowest BCUT2D eigenvalue weighted by atomic mass is 10.1. The van der Waals surface area contributed by atoms with E-state index in [2.05, 4.69) is 10.6 Å². The molecule has 0 atom stereocenters. The van der Waals surface area contributed by atoms with E-state index in [0.29, 0.717) is 6.54 Å². The van der Waals surface area contributed by atoms with E-state index in [0.717, 1.165) is 6.07 Å². The molecule has 0 spiro atoms. The molecule has 1 aromatic carbocycles. The molecule has 2 N–H and O–H groups in total. The Kier molecular flexibility index (Phi) is 5.88. The van der Waals surface area contributed by atoms with E-state index in [1.165, 1.54) is 12.1 Å². The van der Waals surface area contributed by atoms with Gasteiger partial charge >= 0.3 is 6.09 Å². The average Bonchev–Trinajstić information content (AvgIpc) is 2.31.